The number of piperidine rings is 1. The number of rotatable bonds is 6. The number of anilines is 4. The van der Waals surface area contributed by atoms with Crippen molar-refractivity contribution in [3.8, 4) is 11.3 Å². The summed E-state index contributed by atoms with van der Waals surface area (Å²) < 4.78 is 12.4. The second-order valence-corrected chi connectivity index (χ2v) is 11.6. The number of hydrazine groups is 1. The number of carbonyl (C=O) groups is 2. The van der Waals surface area contributed by atoms with E-state index in [9.17, 15) is 9.59 Å². The number of esters is 1. The van der Waals surface area contributed by atoms with Gasteiger partial charge in [0.15, 0.2) is 5.69 Å². The molecule has 1 saturated heterocycles. The minimum atomic E-state index is -0.546. The molecular weight excluding hydrogens is 538 g/mol. The van der Waals surface area contributed by atoms with Crippen LogP contribution in [0.4, 0.5) is 27.5 Å². The van der Waals surface area contributed by atoms with E-state index < -0.39 is 11.6 Å². The van der Waals surface area contributed by atoms with Gasteiger partial charge in [-0.25, -0.2) is 14.6 Å². The van der Waals surface area contributed by atoms with Gasteiger partial charge in [-0.1, -0.05) is 0 Å². The van der Waals surface area contributed by atoms with Gasteiger partial charge in [0.25, 0.3) is 0 Å². The van der Waals surface area contributed by atoms with Crippen LogP contribution in [0.15, 0.2) is 30.7 Å². The lowest BCUT2D eigenvalue weighted by Gasteiger charge is -2.33. The van der Waals surface area contributed by atoms with E-state index in [0.29, 0.717) is 25.5 Å². The molecule has 2 aliphatic heterocycles. The highest BCUT2D eigenvalue weighted by Crippen LogP contribution is 2.46. The van der Waals surface area contributed by atoms with Crippen LogP contribution in [-0.4, -0.2) is 83.3 Å². The number of nitrogens with zero attached hydrogens (tertiary/aromatic N) is 7. The number of ether oxygens (including phenoxy) is 2. The molecule has 13 heteroatoms. The van der Waals surface area contributed by atoms with Crippen LogP contribution >= 0.6 is 0 Å². The van der Waals surface area contributed by atoms with Crippen molar-refractivity contribution in [3.63, 3.8) is 0 Å². The van der Waals surface area contributed by atoms with Crippen LogP contribution in [0.2, 0.25) is 0 Å². The van der Waals surface area contributed by atoms with Crippen LogP contribution in [0.25, 0.3) is 11.3 Å². The minimum Gasteiger partial charge on any atom is -0.464 e. The number of carbonyl (C=O) groups excluding carboxylic acids is 2. The number of likely N-dealkylation sites (tertiary alicyclic amines) is 1. The molecule has 0 saturated carbocycles. The molecule has 0 spiro atoms. The van der Waals surface area contributed by atoms with Gasteiger partial charge in [0.1, 0.15) is 12.3 Å². The van der Waals surface area contributed by atoms with E-state index in [0.717, 1.165) is 46.8 Å². The Kier molecular flexibility index (Phi) is 7.85. The first kappa shape index (κ1) is 29.0. The Balaban J connectivity index is 1.39. The molecule has 0 unspecified atom stereocenters. The van der Waals surface area contributed by atoms with Crippen molar-refractivity contribution in [1.29, 1.82) is 0 Å². The molecule has 4 heterocycles. The lowest BCUT2D eigenvalue weighted by molar-refractivity contribution is 0.0184. The first-order valence-corrected chi connectivity index (χ1v) is 14.0. The Morgan fingerprint density at radius 3 is 2.50 bits per heavy atom. The summed E-state index contributed by atoms with van der Waals surface area (Å²) in [5, 5.41) is 10.1. The second kappa shape index (κ2) is 11.4. The number of amides is 1. The largest absolute Gasteiger partial charge is 0.464 e. The Morgan fingerprint density at radius 2 is 1.83 bits per heavy atom. The van der Waals surface area contributed by atoms with Gasteiger partial charge in [0.05, 0.1) is 65.8 Å². The predicted molar refractivity (Wildman–Crippen MR) is 161 cm³/mol. The molecule has 3 aromatic rings. The summed E-state index contributed by atoms with van der Waals surface area (Å²) in [6.07, 6.45) is 6.39. The van der Waals surface area contributed by atoms with Gasteiger partial charge in [0, 0.05) is 32.9 Å². The fraction of sp³-hybridized carbons (Fsp3) is 0.483. The third kappa shape index (κ3) is 5.76. The van der Waals surface area contributed by atoms with E-state index in [-0.39, 0.29) is 17.8 Å². The summed E-state index contributed by atoms with van der Waals surface area (Å²) in [7, 11) is 5.19. The number of hydrogen-bond acceptors (Lipinski definition) is 11. The molecule has 1 aromatic carbocycles. The monoisotopic (exact) mass is 577 g/mol. The molecule has 13 nitrogen and oxygen atoms in total. The van der Waals surface area contributed by atoms with Crippen molar-refractivity contribution < 1.29 is 19.1 Å². The fourth-order valence-corrected chi connectivity index (χ4v) is 5.33. The molecule has 2 N–H and O–H groups in total. The van der Waals surface area contributed by atoms with Crippen LogP contribution in [0.5, 0.6) is 0 Å². The number of nitrogens with one attached hydrogen (secondary N) is 2. The molecule has 0 radical (unpaired) electrons. The molecule has 2 aliphatic rings. The zero-order valence-electron chi connectivity index (χ0n) is 25.3. The zero-order valence-corrected chi connectivity index (χ0v) is 25.3. The first-order valence-electron chi connectivity index (χ1n) is 14.0. The van der Waals surface area contributed by atoms with Gasteiger partial charge in [-0.05, 0) is 52.7 Å². The highest BCUT2D eigenvalue weighted by molar-refractivity contribution is 5.98. The molecule has 42 heavy (non-hydrogen) atoms. The van der Waals surface area contributed by atoms with E-state index in [4.69, 9.17) is 14.6 Å². The summed E-state index contributed by atoms with van der Waals surface area (Å²) in [4.78, 5) is 37.5. The molecule has 1 amide bonds. The summed E-state index contributed by atoms with van der Waals surface area (Å²) in [5.41, 5.74) is 9.03. The highest BCUT2D eigenvalue weighted by atomic mass is 16.6. The van der Waals surface area contributed by atoms with E-state index in [2.05, 4.69) is 36.7 Å². The van der Waals surface area contributed by atoms with Crippen LogP contribution in [0, 0.1) is 6.92 Å². The van der Waals surface area contributed by atoms with Crippen LogP contribution < -0.4 is 20.7 Å². The van der Waals surface area contributed by atoms with Gasteiger partial charge in [-0.15, -0.1) is 0 Å². The number of benzene rings is 1. The quantitative estimate of drug-likeness (QED) is 0.407. The standard InChI is InChI=1S/C29H39N9O4/c1-18-23(16-37(33-18)19-10-12-36(13-11-19)28(40)42-29(2,3)4)34-38-17-35(6)24-9-8-20(30-5)25(26(24)38)21-14-31-15-22(32-21)27(39)41-7/h8-9,14-16,19,30,34H,10-13,17H2,1-7H3. The molecule has 0 aliphatic carbocycles. The lowest BCUT2D eigenvalue weighted by atomic mass is 10.1. The summed E-state index contributed by atoms with van der Waals surface area (Å²) >= 11 is 0. The highest BCUT2D eigenvalue weighted by Gasteiger charge is 2.32. The first-order chi connectivity index (χ1) is 20.0. The number of aryl methyl sites for hydroxylation is 1. The Bertz CT molecular complexity index is 1470. The van der Waals surface area contributed by atoms with E-state index >= 15 is 0 Å². The number of hydrogen-bond donors (Lipinski definition) is 2. The third-order valence-corrected chi connectivity index (χ3v) is 7.41. The van der Waals surface area contributed by atoms with Crippen molar-refractivity contribution in [3.05, 3.63) is 42.1 Å². The summed E-state index contributed by atoms with van der Waals surface area (Å²) in [6.45, 7) is 9.42. The third-order valence-electron chi connectivity index (χ3n) is 7.41. The van der Waals surface area contributed by atoms with Crippen molar-refractivity contribution in [2.45, 2.75) is 52.2 Å². The topological polar surface area (TPSA) is 130 Å². The Labute approximate surface area is 245 Å². The Hall–Kier alpha value is -4.55. The lowest BCUT2D eigenvalue weighted by Crippen LogP contribution is -2.42. The van der Waals surface area contributed by atoms with Gasteiger partial charge < -0.3 is 24.6 Å². The maximum atomic E-state index is 12.5. The Morgan fingerprint density at radius 1 is 1.10 bits per heavy atom. The molecule has 0 atom stereocenters. The molecule has 1 fully saturated rings. The van der Waals surface area contributed by atoms with Crippen LogP contribution in [0.3, 0.4) is 0 Å². The summed E-state index contributed by atoms with van der Waals surface area (Å²) in [6, 6.07) is 4.22. The fourth-order valence-electron chi connectivity index (χ4n) is 5.33. The molecular formula is C29H39N9O4. The maximum absolute atomic E-state index is 12.5. The number of aromatic nitrogens is 4. The zero-order chi connectivity index (χ0) is 30.2. The molecule has 0 bridgehead atoms. The predicted octanol–water partition coefficient (Wildman–Crippen LogP) is 4.29. The normalized spacial score (nSPS) is 15.5. The van der Waals surface area contributed by atoms with E-state index in [1.165, 1.54) is 13.3 Å². The number of methoxy groups -OCH3 is 1. The van der Waals surface area contributed by atoms with Crippen molar-refractivity contribution in [1.82, 2.24) is 24.6 Å². The number of fused-ring (bicyclic) bond motifs is 1. The maximum Gasteiger partial charge on any atom is 0.410 e. The minimum absolute atomic E-state index is 0.135. The van der Waals surface area contributed by atoms with Gasteiger partial charge in [0.2, 0.25) is 0 Å². The average Bonchev–Trinajstić information content (AvgIpc) is 3.49. The van der Waals surface area contributed by atoms with Gasteiger partial charge >= 0.3 is 12.1 Å². The van der Waals surface area contributed by atoms with Gasteiger partial charge in [-0.2, -0.15) is 5.10 Å². The van der Waals surface area contributed by atoms with Crippen molar-refractivity contribution in [2.24, 2.45) is 0 Å². The van der Waals surface area contributed by atoms with Gasteiger partial charge in [-0.3, -0.25) is 20.1 Å². The van der Waals surface area contributed by atoms with Crippen LogP contribution in [0.1, 0.15) is 55.8 Å². The molecule has 224 valence electrons. The van der Waals surface area contributed by atoms with E-state index in [1.807, 2.05) is 58.7 Å². The second-order valence-electron chi connectivity index (χ2n) is 11.6. The summed E-state index contributed by atoms with van der Waals surface area (Å²) in [5.74, 6) is -0.546. The van der Waals surface area contributed by atoms with Crippen molar-refractivity contribution >= 4 is 34.8 Å². The molecule has 5 rings (SSSR count). The average molecular weight is 578 g/mol. The SMILES string of the molecule is CNc1ccc2c(c1-c1cncc(C(=O)OC)n1)N(Nc1cn(C3CCN(C(=O)OC(C)(C)C)CC3)nc1C)CN2C. The van der Waals surface area contributed by atoms with Crippen LogP contribution in [-0.2, 0) is 9.47 Å². The molecule has 2 aromatic heterocycles. The smallest absolute Gasteiger partial charge is 0.410 e. The van der Waals surface area contributed by atoms with Crippen molar-refractivity contribution in [2.75, 3.05) is 61.6 Å². The van der Waals surface area contributed by atoms with E-state index in [1.54, 1.807) is 11.1 Å².